The molecule has 1 heterocycles. The van der Waals surface area contributed by atoms with E-state index in [1.807, 2.05) is 0 Å². The molecule has 1 aromatic heterocycles. The van der Waals surface area contributed by atoms with E-state index in [1.165, 1.54) is 12.1 Å². The predicted molar refractivity (Wildman–Crippen MR) is 88.3 cm³/mol. The highest BCUT2D eigenvalue weighted by molar-refractivity contribution is 7.18. The van der Waals surface area contributed by atoms with Crippen LogP contribution in [-0.2, 0) is 17.5 Å². The lowest BCUT2D eigenvalue weighted by Crippen LogP contribution is -2.22. The first-order valence-electron chi connectivity index (χ1n) is 7.68. The van der Waals surface area contributed by atoms with E-state index in [1.54, 1.807) is 12.1 Å². The molecule has 1 aromatic carbocycles. The van der Waals surface area contributed by atoms with Gasteiger partial charge in [0.15, 0.2) is 0 Å². The second-order valence-corrected chi connectivity index (χ2v) is 6.89. The molecule has 1 aliphatic carbocycles. The second-order valence-electron chi connectivity index (χ2n) is 5.81. The van der Waals surface area contributed by atoms with Crippen molar-refractivity contribution in [2.24, 2.45) is 5.92 Å². The molecule has 0 unspecified atom stereocenters. The van der Waals surface area contributed by atoms with Gasteiger partial charge < -0.3 is 10.6 Å². The van der Waals surface area contributed by atoms with Crippen molar-refractivity contribution in [2.75, 3.05) is 5.32 Å². The molecule has 0 saturated heterocycles. The maximum atomic E-state index is 12.7. The Balaban J connectivity index is 1.57. The molecule has 3 rings (SSSR count). The minimum Gasteiger partial charge on any atom is -0.347 e. The van der Waals surface area contributed by atoms with Gasteiger partial charge in [0.1, 0.15) is 0 Å². The lowest BCUT2D eigenvalue weighted by Gasteiger charge is -2.09. The van der Waals surface area contributed by atoms with E-state index in [-0.39, 0.29) is 18.4 Å². The molecule has 2 amide bonds. The number of alkyl halides is 3. The van der Waals surface area contributed by atoms with Crippen molar-refractivity contribution in [2.45, 2.75) is 25.6 Å². The Kier molecular flexibility index (Phi) is 4.80. The number of rotatable bonds is 5. The topological polar surface area (TPSA) is 58.2 Å². The molecule has 0 atom stereocenters. The number of hydrogen-bond acceptors (Lipinski definition) is 3. The van der Waals surface area contributed by atoms with E-state index < -0.39 is 17.6 Å². The first kappa shape index (κ1) is 17.5. The van der Waals surface area contributed by atoms with Gasteiger partial charge >= 0.3 is 6.18 Å². The third-order valence-corrected chi connectivity index (χ3v) is 4.73. The zero-order valence-electron chi connectivity index (χ0n) is 13.0. The number of halogens is 3. The Bertz CT molecular complexity index is 797. The van der Waals surface area contributed by atoms with Gasteiger partial charge in [-0.05, 0) is 42.7 Å². The molecule has 0 bridgehead atoms. The summed E-state index contributed by atoms with van der Waals surface area (Å²) < 4.78 is 38.0. The maximum absolute atomic E-state index is 12.7. The average Bonchev–Trinajstić information content (AvgIpc) is 3.32. The van der Waals surface area contributed by atoms with Crippen molar-refractivity contribution in [3.8, 4) is 0 Å². The van der Waals surface area contributed by atoms with E-state index in [9.17, 15) is 22.8 Å². The molecular weight excluding hydrogens is 353 g/mol. The van der Waals surface area contributed by atoms with Crippen molar-refractivity contribution in [1.82, 2.24) is 5.32 Å². The third kappa shape index (κ3) is 4.60. The van der Waals surface area contributed by atoms with Crippen LogP contribution in [0.1, 0.15) is 33.6 Å². The van der Waals surface area contributed by atoms with Crippen molar-refractivity contribution in [1.29, 1.82) is 0 Å². The number of thiophene rings is 1. The number of hydrogen-bond donors (Lipinski definition) is 2. The molecule has 1 saturated carbocycles. The molecule has 1 aliphatic rings. The molecule has 132 valence electrons. The highest BCUT2D eigenvalue weighted by Crippen LogP contribution is 2.32. The zero-order chi connectivity index (χ0) is 18.0. The highest BCUT2D eigenvalue weighted by atomic mass is 32.1. The van der Waals surface area contributed by atoms with Gasteiger partial charge in [-0.1, -0.05) is 12.1 Å². The van der Waals surface area contributed by atoms with Crippen molar-refractivity contribution < 1.29 is 22.8 Å². The summed E-state index contributed by atoms with van der Waals surface area (Å²) in [5.41, 5.74) is -0.387. The average molecular weight is 368 g/mol. The van der Waals surface area contributed by atoms with Crippen LogP contribution in [0.4, 0.5) is 18.2 Å². The Labute approximate surface area is 146 Å². The van der Waals surface area contributed by atoms with Crippen molar-refractivity contribution in [3.05, 3.63) is 52.4 Å². The van der Waals surface area contributed by atoms with Gasteiger partial charge in [-0.3, -0.25) is 9.59 Å². The summed E-state index contributed by atoms with van der Waals surface area (Å²) >= 11 is 1.13. The summed E-state index contributed by atoms with van der Waals surface area (Å²) in [6, 6.07) is 8.04. The van der Waals surface area contributed by atoms with Gasteiger partial charge in [0.25, 0.3) is 5.91 Å². The van der Waals surface area contributed by atoms with Gasteiger partial charge in [0.2, 0.25) is 5.91 Å². The minimum absolute atomic E-state index is 0.00950. The number of carbonyl (C=O) groups is 2. The second kappa shape index (κ2) is 6.87. The maximum Gasteiger partial charge on any atom is 0.416 e. The van der Waals surface area contributed by atoms with Crippen LogP contribution in [0.25, 0.3) is 0 Å². The summed E-state index contributed by atoms with van der Waals surface area (Å²) in [6.45, 7) is -0.00950. The number of carbonyl (C=O) groups excluding carboxylic acids is 2. The quantitative estimate of drug-likeness (QED) is 0.837. The Morgan fingerprint density at radius 3 is 2.60 bits per heavy atom. The van der Waals surface area contributed by atoms with Crippen LogP contribution in [0.5, 0.6) is 0 Å². The standard InChI is InChI=1S/C17H15F3N2O2S/c18-17(19,20)12-3-1-2-10(8-12)9-21-16(24)13-6-7-14(25-13)22-15(23)11-4-5-11/h1-3,6-8,11H,4-5,9H2,(H,21,24)(H,22,23). The fraction of sp³-hybridized carbons (Fsp3) is 0.294. The van der Waals surface area contributed by atoms with E-state index in [2.05, 4.69) is 10.6 Å². The molecule has 0 radical (unpaired) electrons. The normalized spacial score (nSPS) is 14.2. The van der Waals surface area contributed by atoms with E-state index >= 15 is 0 Å². The molecule has 8 heteroatoms. The number of nitrogens with one attached hydrogen (secondary N) is 2. The fourth-order valence-electron chi connectivity index (χ4n) is 2.22. The molecule has 1 fully saturated rings. The molecule has 0 aliphatic heterocycles. The smallest absolute Gasteiger partial charge is 0.347 e. The molecule has 25 heavy (non-hydrogen) atoms. The van der Waals surface area contributed by atoms with Crippen molar-refractivity contribution >= 4 is 28.2 Å². The first-order valence-corrected chi connectivity index (χ1v) is 8.49. The molecular formula is C17H15F3N2O2S. The van der Waals surface area contributed by atoms with Crippen LogP contribution in [0, 0.1) is 5.92 Å². The largest absolute Gasteiger partial charge is 0.416 e. The first-order chi connectivity index (χ1) is 11.8. The van der Waals surface area contributed by atoms with Crippen molar-refractivity contribution in [3.63, 3.8) is 0 Å². The van der Waals surface area contributed by atoms with Gasteiger partial charge in [-0.2, -0.15) is 13.2 Å². The Morgan fingerprint density at radius 2 is 1.92 bits per heavy atom. The Morgan fingerprint density at radius 1 is 1.16 bits per heavy atom. The number of anilines is 1. The van der Waals surface area contributed by atoms with Crippen LogP contribution in [-0.4, -0.2) is 11.8 Å². The summed E-state index contributed by atoms with van der Waals surface area (Å²) in [5, 5.41) is 5.92. The lowest BCUT2D eigenvalue weighted by atomic mass is 10.1. The van der Waals surface area contributed by atoms with Crippen LogP contribution < -0.4 is 10.6 Å². The summed E-state index contributed by atoms with van der Waals surface area (Å²) in [4.78, 5) is 24.2. The monoisotopic (exact) mass is 368 g/mol. The van der Waals surface area contributed by atoms with Gasteiger partial charge in [0.05, 0.1) is 15.4 Å². The predicted octanol–water partition coefficient (Wildman–Crippen LogP) is 4.05. The SMILES string of the molecule is O=C(NCc1cccc(C(F)(F)F)c1)c1ccc(NC(=O)C2CC2)s1. The van der Waals surface area contributed by atoms with Crippen LogP contribution in [0.2, 0.25) is 0 Å². The van der Waals surface area contributed by atoms with E-state index in [0.29, 0.717) is 15.4 Å². The van der Waals surface area contributed by atoms with Gasteiger partial charge in [0, 0.05) is 12.5 Å². The van der Waals surface area contributed by atoms with Gasteiger partial charge in [-0.25, -0.2) is 0 Å². The lowest BCUT2D eigenvalue weighted by molar-refractivity contribution is -0.137. The van der Waals surface area contributed by atoms with E-state index in [0.717, 1.165) is 36.3 Å². The number of benzene rings is 1. The summed E-state index contributed by atoms with van der Waals surface area (Å²) in [7, 11) is 0. The highest BCUT2D eigenvalue weighted by Gasteiger charge is 2.31. The molecule has 0 spiro atoms. The van der Waals surface area contributed by atoms with Crippen LogP contribution in [0.15, 0.2) is 36.4 Å². The Hall–Kier alpha value is -2.35. The summed E-state index contributed by atoms with van der Waals surface area (Å²) in [6.07, 6.45) is -2.63. The number of amides is 2. The molecule has 2 N–H and O–H groups in total. The summed E-state index contributed by atoms with van der Waals surface area (Å²) in [5.74, 6) is -0.368. The zero-order valence-corrected chi connectivity index (χ0v) is 13.8. The van der Waals surface area contributed by atoms with Gasteiger partial charge in [-0.15, -0.1) is 11.3 Å². The van der Waals surface area contributed by atoms with Crippen LogP contribution in [0.3, 0.4) is 0 Å². The fourth-order valence-corrected chi connectivity index (χ4v) is 3.05. The third-order valence-electron chi connectivity index (χ3n) is 3.73. The minimum atomic E-state index is -4.41. The van der Waals surface area contributed by atoms with E-state index in [4.69, 9.17) is 0 Å². The molecule has 2 aromatic rings. The molecule has 4 nitrogen and oxygen atoms in total. The van der Waals surface area contributed by atoms with Crippen LogP contribution >= 0.6 is 11.3 Å².